The molecule has 1 heterocycles. The van der Waals surface area contributed by atoms with Crippen molar-refractivity contribution in [1.82, 2.24) is 10.3 Å². The quantitative estimate of drug-likeness (QED) is 0.370. The van der Waals surface area contributed by atoms with E-state index in [1.165, 1.54) is 11.3 Å². The molecule has 0 fully saturated rings. The predicted molar refractivity (Wildman–Crippen MR) is 134 cm³/mol. The molecule has 0 aliphatic heterocycles. The summed E-state index contributed by atoms with van der Waals surface area (Å²) < 4.78 is 21.3. The Morgan fingerprint density at radius 2 is 1.74 bits per heavy atom. The number of hydrogen-bond donors (Lipinski definition) is 1. The van der Waals surface area contributed by atoms with Crippen molar-refractivity contribution in [3.8, 4) is 22.1 Å². The second-order valence-corrected chi connectivity index (χ2v) is 8.53. The molecule has 0 aliphatic rings. The topological polar surface area (TPSA) is 96.0 Å². The molecule has 1 N–H and O–H groups in total. The molecule has 0 spiro atoms. The van der Waals surface area contributed by atoms with Crippen LogP contribution >= 0.6 is 11.3 Å². The standard InChI is InChI=1S/C26H30N2O6S/c1-5-33-25(29)20(14-18-12-13-19(31-3)15-21(18)32-4)27-16-22-23(26(30)34-6-2)28-24(35-22)17-10-8-7-9-11-17/h7-13,15,20,27H,5-6,14,16H2,1-4H3. The Balaban J connectivity index is 1.87. The highest BCUT2D eigenvalue weighted by molar-refractivity contribution is 7.15. The molecule has 2 aromatic carbocycles. The fraction of sp³-hybridized carbons (Fsp3) is 0.346. The Morgan fingerprint density at radius 1 is 1.00 bits per heavy atom. The first-order chi connectivity index (χ1) is 17.0. The molecule has 0 saturated heterocycles. The average molecular weight is 499 g/mol. The van der Waals surface area contributed by atoms with Crippen LogP contribution in [0.1, 0.15) is 34.8 Å². The zero-order valence-corrected chi connectivity index (χ0v) is 21.1. The molecular weight excluding hydrogens is 468 g/mol. The number of hydrogen-bond acceptors (Lipinski definition) is 9. The molecule has 1 aromatic heterocycles. The zero-order chi connectivity index (χ0) is 25.2. The second kappa shape index (κ2) is 12.9. The van der Waals surface area contributed by atoms with E-state index in [-0.39, 0.29) is 25.5 Å². The van der Waals surface area contributed by atoms with Gasteiger partial charge in [-0.2, -0.15) is 0 Å². The van der Waals surface area contributed by atoms with Crippen molar-refractivity contribution in [2.24, 2.45) is 0 Å². The molecule has 35 heavy (non-hydrogen) atoms. The largest absolute Gasteiger partial charge is 0.497 e. The van der Waals surface area contributed by atoms with Crippen molar-refractivity contribution in [3.63, 3.8) is 0 Å². The van der Waals surface area contributed by atoms with Gasteiger partial charge in [-0.1, -0.05) is 36.4 Å². The molecule has 0 saturated carbocycles. The lowest BCUT2D eigenvalue weighted by Crippen LogP contribution is -2.39. The van der Waals surface area contributed by atoms with Crippen molar-refractivity contribution in [2.45, 2.75) is 32.9 Å². The van der Waals surface area contributed by atoms with Crippen LogP contribution in [0.25, 0.3) is 10.6 Å². The smallest absolute Gasteiger partial charge is 0.358 e. The van der Waals surface area contributed by atoms with Crippen LogP contribution in [0, 0.1) is 0 Å². The van der Waals surface area contributed by atoms with Crippen LogP contribution in [0.5, 0.6) is 11.5 Å². The number of rotatable bonds is 12. The van der Waals surface area contributed by atoms with E-state index in [0.29, 0.717) is 27.8 Å². The molecule has 3 aromatic rings. The molecule has 1 unspecified atom stereocenters. The first-order valence-electron chi connectivity index (χ1n) is 11.3. The lowest BCUT2D eigenvalue weighted by atomic mass is 10.0. The van der Waals surface area contributed by atoms with Gasteiger partial charge in [-0.15, -0.1) is 11.3 Å². The molecule has 1 atom stereocenters. The number of thiazole rings is 1. The van der Waals surface area contributed by atoms with Gasteiger partial charge in [0.15, 0.2) is 5.69 Å². The third-order valence-electron chi connectivity index (χ3n) is 5.19. The summed E-state index contributed by atoms with van der Waals surface area (Å²) >= 11 is 1.38. The van der Waals surface area contributed by atoms with Crippen LogP contribution in [0.15, 0.2) is 48.5 Å². The van der Waals surface area contributed by atoms with Gasteiger partial charge in [0.2, 0.25) is 0 Å². The van der Waals surface area contributed by atoms with Crippen LogP contribution in [0.3, 0.4) is 0 Å². The Bertz CT molecular complexity index is 1130. The minimum atomic E-state index is -0.672. The second-order valence-electron chi connectivity index (χ2n) is 7.44. The van der Waals surface area contributed by atoms with E-state index in [4.69, 9.17) is 18.9 Å². The molecular formula is C26H30N2O6S. The molecule has 186 valence electrons. The molecule has 9 heteroatoms. The van der Waals surface area contributed by atoms with Crippen LogP contribution in [-0.2, 0) is 27.2 Å². The minimum absolute atomic E-state index is 0.237. The van der Waals surface area contributed by atoms with Crippen LogP contribution in [-0.4, -0.2) is 50.4 Å². The monoisotopic (exact) mass is 498 g/mol. The van der Waals surface area contributed by atoms with E-state index in [1.807, 2.05) is 42.5 Å². The number of benzene rings is 2. The summed E-state index contributed by atoms with van der Waals surface area (Å²) in [6.07, 6.45) is 0.324. The first-order valence-corrected chi connectivity index (χ1v) is 12.1. The number of esters is 2. The van der Waals surface area contributed by atoms with Gasteiger partial charge in [0, 0.05) is 24.6 Å². The fourth-order valence-electron chi connectivity index (χ4n) is 3.47. The van der Waals surface area contributed by atoms with Gasteiger partial charge in [-0.25, -0.2) is 9.78 Å². The van der Waals surface area contributed by atoms with Crippen molar-refractivity contribution in [2.75, 3.05) is 27.4 Å². The highest BCUT2D eigenvalue weighted by atomic mass is 32.1. The predicted octanol–water partition coefficient (Wildman–Crippen LogP) is 4.27. The lowest BCUT2D eigenvalue weighted by Gasteiger charge is -2.19. The normalized spacial score (nSPS) is 11.5. The number of carbonyl (C=O) groups excluding carboxylic acids is 2. The number of aromatic nitrogens is 1. The van der Waals surface area contributed by atoms with Crippen LogP contribution in [0.4, 0.5) is 0 Å². The summed E-state index contributed by atoms with van der Waals surface area (Å²) in [4.78, 5) is 30.6. The summed E-state index contributed by atoms with van der Waals surface area (Å²) in [5.41, 5.74) is 1.96. The number of nitrogens with one attached hydrogen (secondary N) is 1. The Labute approximate surface area is 209 Å². The van der Waals surface area contributed by atoms with E-state index in [0.717, 1.165) is 11.1 Å². The van der Waals surface area contributed by atoms with Gasteiger partial charge >= 0.3 is 11.9 Å². The SMILES string of the molecule is CCOC(=O)c1nc(-c2ccccc2)sc1CNC(Cc1ccc(OC)cc1OC)C(=O)OCC. The van der Waals surface area contributed by atoms with Gasteiger partial charge in [-0.05, 0) is 25.5 Å². The van der Waals surface area contributed by atoms with E-state index < -0.39 is 18.0 Å². The van der Waals surface area contributed by atoms with Crippen LogP contribution in [0.2, 0.25) is 0 Å². The maximum atomic E-state index is 12.8. The fourth-order valence-corrected chi connectivity index (χ4v) is 4.48. The third kappa shape index (κ3) is 6.80. The van der Waals surface area contributed by atoms with Crippen molar-refractivity contribution in [1.29, 1.82) is 0 Å². The maximum Gasteiger partial charge on any atom is 0.358 e. The van der Waals surface area contributed by atoms with Gasteiger partial charge in [0.1, 0.15) is 22.5 Å². The Hall–Kier alpha value is -3.43. The van der Waals surface area contributed by atoms with Crippen LogP contribution < -0.4 is 14.8 Å². The van der Waals surface area contributed by atoms with Gasteiger partial charge in [0.05, 0.1) is 32.3 Å². The number of ether oxygens (including phenoxy) is 4. The highest BCUT2D eigenvalue weighted by Crippen LogP contribution is 2.29. The van der Waals surface area contributed by atoms with E-state index in [9.17, 15) is 9.59 Å². The van der Waals surface area contributed by atoms with Gasteiger partial charge in [0.25, 0.3) is 0 Å². The van der Waals surface area contributed by atoms with Crippen molar-refractivity contribution >= 4 is 23.3 Å². The van der Waals surface area contributed by atoms with E-state index in [1.54, 1.807) is 34.1 Å². The summed E-state index contributed by atoms with van der Waals surface area (Å²) in [5.74, 6) is 0.378. The maximum absolute atomic E-state index is 12.8. The third-order valence-corrected chi connectivity index (χ3v) is 6.29. The molecule has 0 bridgehead atoms. The minimum Gasteiger partial charge on any atom is -0.497 e. The van der Waals surface area contributed by atoms with E-state index in [2.05, 4.69) is 10.3 Å². The highest BCUT2D eigenvalue weighted by Gasteiger charge is 2.25. The lowest BCUT2D eigenvalue weighted by molar-refractivity contribution is -0.145. The Morgan fingerprint density at radius 3 is 2.40 bits per heavy atom. The number of carbonyl (C=O) groups is 2. The molecule has 0 radical (unpaired) electrons. The van der Waals surface area contributed by atoms with Gasteiger partial charge < -0.3 is 18.9 Å². The summed E-state index contributed by atoms with van der Waals surface area (Å²) in [6.45, 7) is 4.24. The molecule has 0 aliphatic carbocycles. The first kappa shape index (κ1) is 26.2. The zero-order valence-electron chi connectivity index (χ0n) is 20.3. The summed E-state index contributed by atoms with van der Waals surface area (Å²) in [6, 6.07) is 14.4. The summed E-state index contributed by atoms with van der Waals surface area (Å²) in [7, 11) is 3.15. The average Bonchev–Trinajstić information content (AvgIpc) is 3.31. The van der Waals surface area contributed by atoms with E-state index >= 15 is 0 Å². The number of nitrogens with zero attached hydrogens (tertiary/aromatic N) is 1. The van der Waals surface area contributed by atoms with Crippen molar-refractivity contribution < 1.29 is 28.5 Å². The molecule has 8 nitrogen and oxygen atoms in total. The van der Waals surface area contributed by atoms with Crippen molar-refractivity contribution in [3.05, 3.63) is 64.7 Å². The van der Waals surface area contributed by atoms with Gasteiger partial charge in [-0.3, -0.25) is 10.1 Å². The molecule has 3 rings (SSSR count). The molecule has 0 amide bonds. The Kier molecular flexibility index (Phi) is 9.63. The summed E-state index contributed by atoms with van der Waals surface area (Å²) in [5, 5.41) is 3.96. The number of methoxy groups -OCH3 is 2.